The van der Waals surface area contributed by atoms with Crippen LogP contribution in [0.2, 0.25) is 0 Å². The van der Waals surface area contributed by atoms with E-state index >= 15 is 0 Å². The lowest BCUT2D eigenvalue weighted by Crippen LogP contribution is -2.25. The Kier molecular flexibility index (Phi) is 18.0. The lowest BCUT2D eigenvalue weighted by atomic mass is 10.2. The van der Waals surface area contributed by atoms with Crippen LogP contribution >= 0.6 is 0 Å². The first-order valence-electron chi connectivity index (χ1n) is 10.4. The van der Waals surface area contributed by atoms with Gasteiger partial charge in [0.15, 0.2) is 0 Å². The van der Waals surface area contributed by atoms with Gasteiger partial charge in [-0.1, -0.05) is 53.0 Å². The van der Waals surface area contributed by atoms with Crippen molar-refractivity contribution < 1.29 is 38.1 Å². The van der Waals surface area contributed by atoms with Crippen molar-refractivity contribution in [2.75, 3.05) is 0 Å². The summed E-state index contributed by atoms with van der Waals surface area (Å²) in [6.45, 7) is 20.5. The Balaban J connectivity index is 0. The van der Waals surface area contributed by atoms with Crippen molar-refractivity contribution in [3.05, 3.63) is 49.6 Å². The zero-order chi connectivity index (χ0) is 25.1. The van der Waals surface area contributed by atoms with Crippen molar-refractivity contribution >= 4 is 23.9 Å². The molecule has 0 aliphatic carbocycles. The molecule has 0 spiro atoms. The van der Waals surface area contributed by atoms with Crippen LogP contribution in [0.1, 0.15) is 66.2 Å². The molecule has 0 aromatic heterocycles. The number of hydrogen-bond donors (Lipinski definition) is 0. The van der Waals surface area contributed by atoms with Gasteiger partial charge in [-0.05, 0) is 26.7 Å². The molecule has 0 fully saturated rings. The largest absolute Gasteiger partial charge is 0.422 e. The summed E-state index contributed by atoms with van der Waals surface area (Å²) in [4.78, 5) is 44.4. The molecule has 0 amide bonds. The van der Waals surface area contributed by atoms with Gasteiger partial charge in [0, 0.05) is 36.1 Å². The minimum Gasteiger partial charge on any atom is -0.422 e. The van der Waals surface area contributed by atoms with Crippen LogP contribution in [-0.2, 0) is 38.1 Å². The summed E-state index contributed by atoms with van der Waals surface area (Å²) < 4.78 is 19.6. The summed E-state index contributed by atoms with van der Waals surface area (Å²) in [6.07, 6.45) is 4.91. The number of ether oxygens (including phenoxy) is 4. The van der Waals surface area contributed by atoms with Crippen molar-refractivity contribution in [1.82, 2.24) is 0 Å². The molecule has 0 rings (SSSR count). The van der Waals surface area contributed by atoms with E-state index in [1.54, 1.807) is 0 Å². The molecule has 8 nitrogen and oxygen atoms in total. The fraction of sp³-hybridized carbons (Fsp3) is 0.500. The molecule has 0 radical (unpaired) electrons. The Morgan fingerprint density at radius 2 is 1.09 bits per heavy atom. The van der Waals surface area contributed by atoms with Gasteiger partial charge in [0.25, 0.3) is 0 Å². The van der Waals surface area contributed by atoms with Crippen molar-refractivity contribution in [3.63, 3.8) is 0 Å². The van der Waals surface area contributed by atoms with Gasteiger partial charge < -0.3 is 18.9 Å². The van der Waals surface area contributed by atoms with Gasteiger partial charge in [0.05, 0.1) is 0 Å². The highest BCUT2D eigenvalue weighted by Crippen LogP contribution is 2.10. The van der Waals surface area contributed by atoms with E-state index in [2.05, 4.69) is 33.2 Å². The maximum Gasteiger partial charge on any atom is 0.336 e. The van der Waals surface area contributed by atoms with E-state index < -0.39 is 36.5 Å². The Labute approximate surface area is 190 Å². The van der Waals surface area contributed by atoms with E-state index in [1.165, 1.54) is 13.8 Å². The topological polar surface area (TPSA) is 105 Å². The maximum atomic E-state index is 11.2. The number of unbranched alkanes of at least 4 members (excludes halogenated alkanes) is 2. The molecule has 0 bridgehead atoms. The summed E-state index contributed by atoms with van der Waals surface area (Å²) >= 11 is 0. The minimum atomic E-state index is -0.863. The highest BCUT2D eigenvalue weighted by Gasteiger charge is 2.19. The first kappa shape index (κ1) is 31.0. The van der Waals surface area contributed by atoms with Gasteiger partial charge >= 0.3 is 23.9 Å². The van der Waals surface area contributed by atoms with E-state index in [-0.39, 0.29) is 11.1 Å². The SMILES string of the molecule is C=C(C)C(=O)OC(CCC)OC(=O)C(=C)C.C=CC(=O)OC(CCCCC)OC(=O)C=C. The Morgan fingerprint density at radius 1 is 0.688 bits per heavy atom. The van der Waals surface area contributed by atoms with Crippen LogP contribution in [0.4, 0.5) is 0 Å². The summed E-state index contributed by atoms with van der Waals surface area (Å²) in [5.41, 5.74) is 0.542. The van der Waals surface area contributed by atoms with E-state index in [0.29, 0.717) is 12.8 Å². The zero-order valence-corrected chi connectivity index (χ0v) is 19.6. The van der Waals surface area contributed by atoms with Gasteiger partial charge in [-0.25, -0.2) is 19.2 Å². The number of hydrogen-bond acceptors (Lipinski definition) is 8. The lowest BCUT2D eigenvalue weighted by Gasteiger charge is -2.17. The van der Waals surface area contributed by atoms with Crippen molar-refractivity contribution in [2.24, 2.45) is 0 Å². The lowest BCUT2D eigenvalue weighted by molar-refractivity contribution is -0.184. The second-order valence-corrected chi connectivity index (χ2v) is 6.80. The first-order chi connectivity index (χ1) is 15.0. The van der Waals surface area contributed by atoms with Crippen LogP contribution in [-0.4, -0.2) is 36.5 Å². The number of carbonyl (C=O) groups excluding carboxylic acids is 4. The van der Waals surface area contributed by atoms with E-state index in [1.807, 2.05) is 6.92 Å². The quantitative estimate of drug-likeness (QED) is 0.162. The van der Waals surface area contributed by atoms with Gasteiger partial charge in [-0.2, -0.15) is 0 Å². The van der Waals surface area contributed by atoms with Gasteiger partial charge in [-0.3, -0.25) is 0 Å². The monoisotopic (exact) mass is 452 g/mol. The average Bonchev–Trinajstić information content (AvgIpc) is 2.73. The molecule has 0 aromatic rings. The molecule has 0 unspecified atom stereocenters. The molecule has 0 aromatic carbocycles. The summed E-state index contributed by atoms with van der Waals surface area (Å²) in [7, 11) is 0. The standard InChI is InChI=1S/2C12H18O4/c1-6-7-10(15-11(13)8(2)3)16-12(14)9(4)5;1-4-7-8-9-12(15-10(13)5-2)16-11(14)6-3/h10H,2,4,6-7H2,1,3,5H3;5-6,12H,2-4,7-9H2,1H3. The number of esters is 4. The second-order valence-electron chi connectivity index (χ2n) is 6.80. The zero-order valence-electron chi connectivity index (χ0n) is 19.6. The van der Waals surface area contributed by atoms with Crippen LogP contribution in [0.3, 0.4) is 0 Å². The third-order valence-electron chi connectivity index (χ3n) is 3.57. The third kappa shape index (κ3) is 16.6. The van der Waals surface area contributed by atoms with Crippen LogP contribution in [0.15, 0.2) is 49.6 Å². The maximum absolute atomic E-state index is 11.2. The average molecular weight is 453 g/mol. The van der Waals surface area contributed by atoms with Crippen LogP contribution < -0.4 is 0 Å². The highest BCUT2D eigenvalue weighted by molar-refractivity contribution is 5.88. The van der Waals surface area contributed by atoms with E-state index in [9.17, 15) is 19.2 Å². The molecule has 0 atom stereocenters. The van der Waals surface area contributed by atoms with Crippen molar-refractivity contribution in [2.45, 2.75) is 78.8 Å². The van der Waals surface area contributed by atoms with Gasteiger partial charge in [0.2, 0.25) is 12.6 Å². The van der Waals surface area contributed by atoms with E-state index in [0.717, 1.165) is 37.8 Å². The van der Waals surface area contributed by atoms with Crippen molar-refractivity contribution in [1.29, 1.82) is 0 Å². The fourth-order valence-electron chi connectivity index (χ4n) is 1.88. The van der Waals surface area contributed by atoms with Gasteiger partial charge in [-0.15, -0.1) is 0 Å². The number of rotatable bonds is 14. The first-order valence-corrected chi connectivity index (χ1v) is 10.4. The molecule has 0 aliphatic heterocycles. The normalized spacial score (nSPS) is 9.69. The Morgan fingerprint density at radius 3 is 1.41 bits per heavy atom. The third-order valence-corrected chi connectivity index (χ3v) is 3.57. The molecule has 0 saturated heterocycles. The van der Waals surface area contributed by atoms with Crippen LogP contribution in [0, 0.1) is 0 Å². The molecule has 0 N–H and O–H groups in total. The molecular formula is C24H36O8. The molecule has 180 valence electrons. The van der Waals surface area contributed by atoms with Crippen LogP contribution in [0.5, 0.6) is 0 Å². The highest BCUT2D eigenvalue weighted by atomic mass is 16.7. The molecule has 0 aliphatic rings. The minimum absolute atomic E-state index is 0.271. The predicted molar refractivity (Wildman–Crippen MR) is 121 cm³/mol. The summed E-state index contributed by atoms with van der Waals surface area (Å²) in [6, 6.07) is 0. The molecular weight excluding hydrogens is 416 g/mol. The summed E-state index contributed by atoms with van der Waals surface area (Å²) in [5, 5.41) is 0. The predicted octanol–water partition coefficient (Wildman–Crippen LogP) is 4.70. The Bertz CT molecular complexity index is 627. The number of carbonyl (C=O) groups is 4. The van der Waals surface area contributed by atoms with Gasteiger partial charge in [0.1, 0.15) is 0 Å². The second kappa shape index (κ2) is 18.6. The fourth-order valence-corrected chi connectivity index (χ4v) is 1.88. The van der Waals surface area contributed by atoms with Crippen LogP contribution in [0.25, 0.3) is 0 Å². The Hall–Kier alpha value is -3.16. The van der Waals surface area contributed by atoms with E-state index in [4.69, 9.17) is 18.9 Å². The molecule has 0 saturated carbocycles. The summed E-state index contributed by atoms with van der Waals surface area (Å²) in [5.74, 6) is -2.32. The van der Waals surface area contributed by atoms with Crippen molar-refractivity contribution in [3.8, 4) is 0 Å². The smallest absolute Gasteiger partial charge is 0.336 e. The molecule has 0 heterocycles. The molecule has 8 heteroatoms. The molecule has 32 heavy (non-hydrogen) atoms.